The minimum Gasteiger partial charge on any atom is -0.257 e. The van der Waals surface area contributed by atoms with Crippen molar-refractivity contribution in [2.24, 2.45) is 0 Å². The van der Waals surface area contributed by atoms with Crippen molar-refractivity contribution in [2.45, 2.75) is 6.92 Å². The molecule has 0 amide bonds. The zero-order valence-corrected chi connectivity index (χ0v) is 10.2. The lowest BCUT2D eigenvalue weighted by atomic mass is 10.1. The topological polar surface area (TPSA) is 12.9 Å². The van der Waals surface area contributed by atoms with Crippen LogP contribution >= 0.6 is 0 Å². The van der Waals surface area contributed by atoms with Gasteiger partial charge in [0.2, 0.25) is 0 Å². The summed E-state index contributed by atoms with van der Waals surface area (Å²) in [6, 6.07) is 3.94. The normalized spacial score (nSPS) is 12.1. The van der Waals surface area contributed by atoms with Crippen LogP contribution in [0, 0.1) is 0 Å². The molecule has 0 N–H and O–H groups in total. The summed E-state index contributed by atoms with van der Waals surface area (Å²) in [7, 11) is 0. The van der Waals surface area contributed by atoms with E-state index in [4.69, 9.17) is 0 Å². The van der Waals surface area contributed by atoms with Crippen LogP contribution in [0.3, 0.4) is 0 Å². The van der Waals surface area contributed by atoms with Gasteiger partial charge in [0, 0.05) is 6.20 Å². The van der Waals surface area contributed by atoms with Crippen molar-refractivity contribution < 1.29 is 0 Å². The van der Waals surface area contributed by atoms with Crippen LogP contribution in [0.25, 0.3) is 11.6 Å². The molecule has 1 aromatic rings. The Morgan fingerprint density at radius 1 is 1.29 bits per heavy atom. The fourth-order valence-corrected chi connectivity index (χ4v) is 1.42. The second-order valence-electron chi connectivity index (χ2n) is 3.61. The van der Waals surface area contributed by atoms with Crippen LogP contribution in [0.2, 0.25) is 0 Å². The number of hydrogen-bond donors (Lipinski definition) is 0. The maximum absolute atomic E-state index is 4.33. The summed E-state index contributed by atoms with van der Waals surface area (Å²) in [6.07, 6.45) is 11.1. The molecule has 0 bridgehead atoms. The molecule has 86 valence electrons. The molecule has 0 unspecified atom stereocenters. The molecule has 0 aliphatic rings. The van der Waals surface area contributed by atoms with Crippen molar-refractivity contribution in [2.75, 3.05) is 0 Å². The summed E-state index contributed by atoms with van der Waals surface area (Å²) in [6.45, 7) is 13.2. The Kier molecular flexibility index (Phi) is 4.89. The van der Waals surface area contributed by atoms with Gasteiger partial charge in [-0.3, -0.25) is 4.98 Å². The van der Waals surface area contributed by atoms with Gasteiger partial charge in [0.25, 0.3) is 0 Å². The number of allylic oxidation sites excluding steroid dienone is 6. The van der Waals surface area contributed by atoms with E-state index in [-0.39, 0.29) is 0 Å². The fraction of sp³-hybridized carbons (Fsp3) is 0.0625. The highest BCUT2D eigenvalue weighted by Gasteiger charge is 1.98. The number of nitrogens with zero attached hydrogens (tertiary/aromatic N) is 1. The third-order valence-electron chi connectivity index (χ3n) is 2.35. The van der Waals surface area contributed by atoms with Gasteiger partial charge in [-0.2, -0.15) is 0 Å². The van der Waals surface area contributed by atoms with Crippen molar-refractivity contribution in [3.8, 4) is 0 Å². The Morgan fingerprint density at radius 3 is 2.65 bits per heavy atom. The molecule has 0 radical (unpaired) electrons. The standard InChI is InChI=1S/C16H17N/c1-5-8-14(6-2)11-13(4)16-12-15(7-3)9-10-17-16/h5-12H,1-3H2,4H3/b13-11+,14-8-. The lowest BCUT2D eigenvalue weighted by molar-refractivity contribution is 1.26. The Balaban J connectivity index is 3.10. The van der Waals surface area contributed by atoms with Gasteiger partial charge < -0.3 is 0 Å². The van der Waals surface area contributed by atoms with Crippen LogP contribution in [0.5, 0.6) is 0 Å². The van der Waals surface area contributed by atoms with Crippen molar-refractivity contribution >= 4 is 11.6 Å². The molecule has 1 heterocycles. The first-order valence-corrected chi connectivity index (χ1v) is 5.43. The summed E-state index contributed by atoms with van der Waals surface area (Å²) >= 11 is 0. The maximum atomic E-state index is 4.33. The van der Waals surface area contributed by atoms with Crippen LogP contribution in [0.1, 0.15) is 18.2 Å². The van der Waals surface area contributed by atoms with Gasteiger partial charge in [0.1, 0.15) is 0 Å². The van der Waals surface area contributed by atoms with Gasteiger partial charge in [-0.05, 0) is 41.8 Å². The van der Waals surface area contributed by atoms with E-state index in [0.717, 1.165) is 22.4 Å². The van der Waals surface area contributed by atoms with Crippen LogP contribution in [0.4, 0.5) is 0 Å². The van der Waals surface area contributed by atoms with Crippen molar-refractivity contribution in [3.63, 3.8) is 0 Å². The summed E-state index contributed by atoms with van der Waals surface area (Å²) in [5.74, 6) is 0. The van der Waals surface area contributed by atoms with Crippen LogP contribution < -0.4 is 0 Å². The molecule has 1 aromatic heterocycles. The molecular formula is C16H17N. The van der Waals surface area contributed by atoms with Crippen molar-refractivity contribution in [1.29, 1.82) is 0 Å². The first-order chi connectivity index (χ1) is 8.21. The van der Waals surface area contributed by atoms with E-state index in [9.17, 15) is 0 Å². The van der Waals surface area contributed by atoms with Gasteiger partial charge in [0.05, 0.1) is 5.69 Å². The average Bonchev–Trinajstić information content (AvgIpc) is 2.38. The molecule has 0 atom stereocenters. The second kappa shape index (κ2) is 6.44. The number of pyridine rings is 1. The monoisotopic (exact) mass is 223 g/mol. The van der Waals surface area contributed by atoms with E-state index in [1.54, 1.807) is 18.3 Å². The Labute approximate surface area is 103 Å². The molecule has 0 saturated carbocycles. The summed E-state index contributed by atoms with van der Waals surface area (Å²) in [5, 5.41) is 0. The SMILES string of the molecule is C=C/C=C(C=C)\C=C(/C)c1cc(C=C)ccn1. The first kappa shape index (κ1) is 12.9. The Bertz CT molecular complexity index is 490. The van der Waals surface area contributed by atoms with Crippen LogP contribution in [-0.4, -0.2) is 4.98 Å². The van der Waals surface area contributed by atoms with Gasteiger partial charge in [-0.15, -0.1) is 0 Å². The van der Waals surface area contributed by atoms with Gasteiger partial charge in [-0.1, -0.05) is 44.0 Å². The van der Waals surface area contributed by atoms with Gasteiger partial charge in [-0.25, -0.2) is 0 Å². The highest BCUT2D eigenvalue weighted by Crippen LogP contribution is 2.16. The predicted molar refractivity (Wildman–Crippen MR) is 76.5 cm³/mol. The molecule has 0 saturated heterocycles. The number of hydrogen-bond acceptors (Lipinski definition) is 1. The Hall–Kier alpha value is -2.15. The highest BCUT2D eigenvalue weighted by atomic mass is 14.7. The van der Waals surface area contributed by atoms with E-state index in [1.165, 1.54) is 0 Å². The minimum atomic E-state index is 0.944. The number of rotatable bonds is 5. The van der Waals surface area contributed by atoms with Crippen molar-refractivity contribution in [3.05, 3.63) is 79.2 Å². The lowest BCUT2D eigenvalue weighted by Crippen LogP contribution is -1.87. The van der Waals surface area contributed by atoms with E-state index < -0.39 is 0 Å². The molecule has 0 spiro atoms. The van der Waals surface area contributed by atoms with Crippen LogP contribution in [-0.2, 0) is 0 Å². The molecule has 1 heteroatoms. The Morgan fingerprint density at radius 2 is 2.06 bits per heavy atom. The van der Waals surface area contributed by atoms with Gasteiger partial charge >= 0.3 is 0 Å². The highest BCUT2D eigenvalue weighted by molar-refractivity contribution is 5.66. The van der Waals surface area contributed by atoms with E-state index in [2.05, 4.69) is 24.7 Å². The largest absolute Gasteiger partial charge is 0.257 e. The average molecular weight is 223 g/mol. The summed E-state index contributed by atoms with van der Waals surface area (Å²) < 4.78 is 0. The minimum absolute atomic E-state index is 0.944. The van der Waals surface area contributed by atoms with Crippen molar-refractivity contribution in [1.82, 2.24) is 4.98 Å². The third kappa shape index (κ3) is 3.72. The molecular weight excluding hydrogens is 206 g/mol. The van der Waals surface area contributed by atoms with Crippen LogP contribution in [0.15, 0.2) is 67.9 Å². The van der Waals surface area contributed by atoms with Gasteiger partial charge in [0.15, 0.2) is 0 Å². The maximum Gasteiger partial charge on any atom is 0.0664 e. The fourth-order valence-electron chi connectivity index (χ4n) is 1.42. The molecule has 1 rings (SSSR count). The van der Waals surface area contributed by atoms with E-state index in [1.807, 2.05) is 37.3 Å². The molecule has 1 nitrogen and oxygen atoms in total. The first-order valence-electron chi connectivity index (χ1n) is 5.43. The van der Waals surface area contributed by atoms with E-state index in [0.29, 0.717) is 0 Å². The molecule has 0 aliphatic carbocycles. The third-order valence-corrected chi connectivity index (χ3v) is 2.35. The quantitative estimate of drug-likeness (QED) is 0.673. The lowest BCUT2D eigenvalue weighted by Gasteiger charge is -2.02. The molecule has 0 fully saturated rings. The second-order valence-corrected chi connectivity index (χ2v) is 3.61. The molecule has 0 aliphatic heterocycles. The summed E-state index contributed by atoms with van der Waals surface area (Å²) in [5.41, 5.74) is 4.11. The summed E-state index contributed by atoms with van der Waals surface area (Å²) in [4.78, 5) is 4.33. The zero-order valence-electron chi connectivity index (χ0n) is 10.2. The predicted octanol–water partition coefficient (Wildman–Crippen LogP) is 4.43. The molecule has 17 heavy (non-hydrogen) atoms. The molecule has 0 aromatic carbocycles. The zero-order chi connectivity index (χ0) is 12.7. The van der Waals surface area contributed by atoms with E-state index >= 15 is 0 Å². The smallest absolute Gasteiger partial charge is 0.0664 e. The number of aromatic nitrogens is 1.